The molecule has 3 rings (SSSR count). The molecule has 0 aliphatic carbocycles. The number of carbonyl (C=O) groups is 2. The Morgan fingerprint density at radius 3 is 2.83 bits per heavy atom. The summed E-state index contributed by atoms with van der Waals surface area (Å²) in [6.07, 6.45) is 6.18. The van der Waals surface area contributed by atoms with Gasteiger partial charge in [-0.25, -0.2) is 0 Å². The van der Waals surface area contributed by atoms with Crippen LogP contribution in [0.4, 0.5) is 0 Å². The molecule has 1 aromatic carbocycles. The van der Waals surface area contributed by atoms with Gasteiger partial charge in [0.25, 0.3) is 0 Å². The summed E-state index contributed by atoms with van der Waals surface area (Å²) in [7, 11) is 1.92. The topological polar surface area (TPSA) is 52.7 Å². The lowest BCUT2D eigenvalue weighted by Gasteiger charge is -2.34. The van der Waals surface area contributed by atoms with Gasteiger partial charge >= 0.3 is 0 Å². The van der Waals surface area contributed by atoms with E-state index in [-0.39, 0.29) is 23.9 Å². The second-order valence-electron chi connectivity index (χ2n) is 6.53. The van der Waals surface area contributed by atoms with Crippen molar-refractivity contribution >= 4 is 17.9 Å². The van der Waals surface area contributed by atoms with Crippen molar-refractivity contribution in [2.75, 3.05) is 20.1 Å². The van der Waals surface area contributed by atoms with Crippen LogP contribution in [0.25, 0.3) is 6.08 Å². The van der Waals surface area contributed by atoms with Crippen molar-refractivity contribution in [1.82, 2.24) is 15.1 Å². The third-order valence-electron chi connectivity index (χ3n) is 4.97. The van der Waals surface area contributed by atoms with Crippen LogP contribution >= 0.6 is 0 Å². The Kier molecular flexibility index (Phi) is 5.00. The Morgan fingerprint density at radius 1 is 1.29 bits per heavy atom. The van der Waals surface area contributed by atoms with Crippen molar-refractivity contribution in [1.29, 1.82) is 0 Å². The van der Waals surface area contributed by atoms with Gasteiger partial charge in [0.2, 0.25) is 11.8 Å². The number of likely N-dealkylation sites (tertiary alicyclic amines) is 1. The second kappa shape index (κ2) is 7.18. The lowest BCUT2D eigenvalue weighted by molar-refractivity contribution is -0.135. The minimum absolute atomic E-state index is 0.0354. The van der Waals surface area contributed by atoms with E-state index < -0.39 is 0 Å². The van der Waals surface area contributed by atoms with E-state index >= 15 is 0 Å². The first-order valence-electron chi connectivity index (χ1n) is 8.62. The van der Waals surface area contributed by atoms with Gasteiger partial charge in [0.05, 0.1) is 12.5 Å². The second-order valence-corrected chi connectivity index (χ2v) is 6.53. The zero-order chi connectivity index (χ0) is 17.1. The Balaban J connectivity index is 1.82. The van der Waals surface area contributed by atoms with E-state index in [1.54, 1.807) is 18.0 Å². The minimum atomic E-state index is -0.216. The smallest absolute Gasteiger partial charge is 0.225 e. The molecule has 2 unspecified atom stereocenters. The molecule has 0 radical (unpaired) electrons. The van der Waals surface area contributed by atoms with Gasteiger partial charge in [-0.2, -0.15) is 0 Å². The van der Waals surface area contributed by atoms with Crippen molar-refractivity contribution in [2.45, 2.75) is 38.3 Å². The molecule has 128 valence electrons. The van der Waals surface area contributed by atoms with Crippen LogP contribution in [0.3, 0.4) is 0 Å². The zero-order valence-corrected chi connectivity index (χ0v) is 14.4. The molecule has 0 aromatic heterocycles. The van der Waals surface area contributed by atoms with Gasteiger partial charge in [0.15, 0.2) is 0 Å². The van der Waals surface area contributed by atoms with Crippen molar-refractivity contribution in [3.05, 3.63) is 41.6 Å². The maximum atomic E-state index is 12.9. The molecule has 0 bridgehead atoms. The van der Waals surface area contributed by atoms with Crippen molar-refractivity contribution < 1.29 is 9.59 Å². The van der Waals surface area contributed by atoms with Gasteiger partial charge < -0.3 is 15.1 Å². The third-order valence-corrected chi connectivity index (χ3v) is 4.97. The summed E-state index contributed by atoms with van der Waals surface area (Å²) in [5.41, 5.74) is 2.13. The number of hydrogen-bond acceptors (Lipinski definition) is 3. The summed E-state index contributed by atoms with van der Waals surface area (Å²) in [5.74, 6) is 0.0980. The van der Waals surface area contributed by atoms with E-state index in [1.807, 2.05) is 42.3 Å². The lowest BCUT2D eigenvalue weighted by Crippen LogP contribution is -2.43. The highest BCUT2D eigenvalue weighted by Gasteiger charge is 2.33. The Bertz CT molecular complexity index is 656. The Morgan fingerprint density at radius 2 is 2.08 bits per heavy atom. The molecule has 24 heavy (non-hydrogen) atoms. The molecule has 1 aromatic rings. The number of rotatable bonds is 4. The molecule has 2 heterocycles. The summed E-state index contributed by atoms with van der Waals surface area (Å²) in [6, 6.07) is 8.04. The molecule has 2 amide bonds. The van der Waals surface area contributed by atoms with E-state index in [0.29, 0.717) is 6.42 Å². The van der Waals surface area contributed by atoms with E-state index in [0.717, 1.165) is 37.1 Å². The van der Waals surface area contributed by atoms with Crippen LogP contribution in [0, 0.1) is 0 Å². The largest absolute Gasteiger partial charge is 0.338 e. The van der Waals surface area contributed by atoms with E-state index in [2.05, 4.69) is 5.32 Å². The summed E-state index contributed by atoms with van der Waals surface area (Å²) < 4.78 is 0. The summed E-state index contributed by atoms with van der Waals surface area (Å²) in [5, 5.41) is 3.17. The summed E-state index contributed by atoms with van der Waals surface area (Å²) in [6.45, 7) is 3.19. The third kappa shape index (κ3) is 3.22. The first-order chi connectivity index (χ1) is 11.6. The zero-order valence-electron chi connectivity index (χ0n) is 14.4. The molecule has 5 heteroatoms. The number of hydrogen-bond donors (Lipinski definition) is 1. The van der Waals surface area contributed by atoms with E-state index in [4.69, 9.17) is 0 Å². The molecule has 2 aliphatic heterocycles. The van der Waals surface area contributed by atoms with Crippen LogP contribution in [-0.2, 0) is 9.59 Å². The lowest BCUT2D eigenvalue weighted by atomic mass is 9.93. The fraction of sp³-hybridized carbons (Fsp3) is 0.474. The standard InChI is InChI=1S/C19H25N3O2/c1-14(23)21-11-9-15-6-3-4-8-17(15)18(21)12-19(24)22-10-5-7-16(22)13-20-2/h3-4,6,8-9,11,16,18,20H,5,7,10,12-13H2,1-2H3. The molecular formula is C19H25N3O2. The van der Waals surface area contributed by atoms with Crippen LogP contribution in [-0.4, -0.2) is 47.8 Å². The molecule has 5 nitrogen and oxygen atoms in total. The van der Waals surface area contributed by atoms with Crippen LogP contribution < -0.4 is 5.32 Å². The van der Waals surface area contributed by atoms with Crippen LogP contribution in [0.15, 0.2) is 30.5 Å². The van der Waals surface area contributed by atoms with Crippen molar-refractivity contribution in [2.24, 2.45) is 0 Å². The highest BCUT2D eigenvalue weighted by Crippen LogP contribution is 2.34. The first kappa shape index (κ1) is 16.7. The fourth-order valence-corrected chi connectivity index (χ4v) is 3.81. The molecule has 1 saturated heterocycles. The predicted octanol–water partition coefficient (Wildman–Crippen LogP) is 2.16. The van der Waals surface area contributed by atoms with Gasteiger partial charge in [0, 0.05) is 32.3 Å². The predicted molar refractivity (Wildman–Crippen MR) is 94.0 cm³/mol. The van der Waals surface area contributed by atoms with Crippen LogP contribution in [0.5, 0.6) is 0 Å². The minimum Gasteiger partial charge on any atom is -0.338 e. The molecule has 0 saturated carbocycles. The average Bonchev–Trinajstić information content (AvgIpc) is 3.03. The molecule has 2 atom stereocenters. The van der Waals surface area contributed by atoms with E-state index in [9.17, 15) is 9.59 Å². The van der Waals surface area contributed by atoms with Gasteiger partial charge in [-0.15, -0.1) is 0 Å². The maximum absolute atomic E-state index is 12.9. The SMILES string of the molecule is CNCC1CCCN1C(=O)CC1c2ccccc2C=CN1C(C)=O. The number of fused-ring (bicyclic) bond motifs is 1. The molecular weight excluding hydrogens is 302 g/mol. The number of carbonyl (C=O) groups excluding carboxylic acids is 2. The summed E-state index contributed by atoms with van der Waals surface area (Å²) in [4.78, 5) is 28.6. The Hall–Kier alpha value is -2.14. The molecule has 1 fully saturated rings. The maximum Gasteiger partial charge on any atom is 0.225 e. The number of benzene rings is 1. The monoisotopic (exact) mass is 327 g/mol. The van der Waals surface area contributed by atoms with Gasteiger partial charge in [0.1, 0.15) is 0 Å². The molecule has 1 N–H and O–H groups in total. The quantitative estimate of drug-likeness (QED) is 0.922. The summed E-state index contributed by atoms with van der Waals surface area (Å²) >= 11 is 0. The average molecular weight is 327 g/mol. The van der Waals surface area contributed by atoms with Crippen LogP contribution in [0.2, 0.25) is 0 Å². The van der Waals surface area contributed by atoms with Crippen LogP contribution in [0.1, 0.15) is 43.4 Å². The molecule has 2 aliphatic rings. The first-order valence-corrected chi connectivity index (χ1v) is 8.62. The van der Waals surface area contributed by atoms with Crippen molar-refractivity contribution in [3.63, 3.8) is 0 Å². The fourth-order valence-electron chi connectivity index (χ4n) is 3.81. The van der Waals surface area contributed by atoms with Gasteiger partial charge in [-0.3, -0.25) is 9.59 Å². The van der Waals surface area contributed by atoms with Gasteiger partial charge in [-0.1, -0.05) is 24.3 Å². The number of nitrogens with zero attached hydrogens (tertiary/aromatic N) is 2. The van der Waals surface area contributed by atoms with E-state index in [1.165, 1.54) is 0 Å². The molecule has 0 spiro atoms. The van der Waals surface area contributed by atoms with Gasteiger partial charge in [-0.05, 0) is 37.1 Å². The highest BCUT2D eigenvalue weighted by molar-refractivity contribution is 5.82. The number of amides is 2. The van der Waals surface area contributed by atoms with Crippen molar-refractivity contribution in [3.8, 4) is 0 Å². The number of nitrogens with one attached hydrogen (secondary N) is 1. The number of likely N-dealkylation sites (N-methyl/N-ethyl adjacent to an activating group) is 1. The Labute approximate surface area is 143 Å². The highest BCUT2D eigenvalue weighted by atomic mass is 16.2. The normalized spacial score (nSPS) is 22.6.